The highest BCUT2D eigenvalue weighted by atomic mass is 32.2. The summed E-state index contributed by atoms with van der Waals surface area (Å²) >= 11 is 1.56. The molecule has 2 heterocycles. The van der Waals surface area contributed by atoms with Crippen LogP contribution in [0.1, 0.15) is 10.4 Å². The van der Waals surface area contributed by atoms with Crippen LogP contribution in [0.2, 0.25) is 0 Å². The van der Waals surface area contributed by atoms with Gasteiger partial charge in [-0.25, -0.2) is 0 Å². The molecule has 112 valence electrons. The average molecular weight is 318 g/mol. The maximum atomic E-state index is 12.6. The average Bonchev–Trinajstić information content (AvgIpc) is 3.04. The zero-order valence-electron chi connectivity index (χ0n) is 12.3. The van der Waals surface area contributed by atoms with E-state index in [9.17, 15) is 4.79 Å². The normalized spacial score (nSPS) is 11.1. The molecule has 4 aromatic rings. The Labute approximate surface area is 137 Å². The van der Waals surface area contributed by atoms with Crippen molar-refractivity contribution < 1.29 is 4.79 Å². The Bertz CT molecular complexity index is 1000. The third-order valence-corrected chi connectivity index (χ3v) is 4.93. The smallest absolute Gasteiger partial charge is 0.175 e. The van der Waals surface area contributed by atoms with Crippen molar-refractivity contribution in [1.82, 2.24) is 9.97 Å². The van der Waals surface area contributed by atoms with Crippen molar-refractivity contribution in [2.24, 2.45) is 0 Å². The van der Waals surface area contributed by atoms with Gasteiger partial charge in [-0.05, 0) is 18.2 Å². The second-order valence-corrected chi connectivity index (χ2v) is 6.30. The summed E-state index contributed by atoms with van der Waals surface area (Å²) in [6.07, 6.45) is 3.60. The van der Waals surface area contributed by atoms with E-state index in [1.807, 2.05) is 54.6 Å². The van der Waals surface area contributed by atoms with Gasteiger partial charge in [-0.3, -0.25) is 9.78 Å². The van der Waals surface area contributed by atoms with Crippen LogP contribution in [0.4, 0.5) is 0 Å². The monoisotopic (exact) mass is 318 g/mol. The van der Waals surface area contributed by atoms with E-state index < -0.39 is 0 Å². The number of hydrogen-bond acceptors (Lipinski definition) is 3. The number of Topliss-reactive ketones (excluding diaryl/α,β-unsaturated/α-hetero) is 1. The topological polar surface area (TPSA) is 45.8 Å². The number of hydrogen-bond donors (Lipinski definition) is 1. The first-order valence-electron chi connectivity index (χ1n) is 7.39. The zero-order valence-corrected chi connectivity index (χ0v) is 13.1. The van der Waals surface area contributed by atoms with Crippen LogP contribution < -0.4 is 0 Å². The lowest BCUT2D eigenvalue weighted by atomic mass is 10.1. The number of rotatable bonds is 4. The molecule has 0 unspecified atom stereocenters. The minimum atomic E-state index is 0.133. The summed E-state index contributed by atoms with van der Waals surface area (Å²) in [4.78, 5) is 21.2. The van der Waals surface area contributed by atoms with Gasteiger partial charge in [-0.2, -0.15) is 0 Å². The van der Waals surface area contributed by atoms with Gasteiger partial charge >= 0.3 is 0 Å². The van der Waals surface area contributed by atoms with E-state index in [2.05, 4.69) is 9.97 Å². The number of thioether (sulfide) groups is 1. The van der Waals surface area contributed by atoms with Gasteiger partial charge < -0.3 is 4.98 Å². The van der Waals surface area contributed by atoms with Crippen LogP contribution in [-0.4, -0.2) is 21.5 Å². The molecule has 2 aromatic heterocycles. The number of benzene rings is 2. The molecule has 0 saturated carbocycles. The molecule has 0 saturated heterocycles. The van der Waals surface area contributed by atoms with Gasteiger partial charge in [-0.15, -0.1) is 11.8 Å². The number of carbonyl (C=O) groups is 1. The number of carbonyl (C=O) groups excluding carboxylic acids is 1. The minimum Gasteiger partial charge on any atom is -0.360 e. The number of para-hydroxylation sites is 2. The van der Waals surface area contributed by atoms with Crippen LogP contribution in [0, 0.1) is 0 Å². The second-order valence-electron chi connectivity index (χ2n) is 5.29. The van der Waals surface area contributed by atoms with Crippen LogP contribution >= 0.6 is 11.8 Å². The molecule has 3 nitrogen and oxygen atoms in total. The molecule has 0 bridgehead atoms. The lowest BCUT2D eigenvalue weighted by Gasteiger charge is -2.05. The van der Waals surface area contributed by atoms with Crippen molar-refractivity contribution in [2.75, 3.05) is 5.75 Å². The van der Waals surface area contributed by atoms with Crippen molar-refractivity contribution >= 4 is 39.4 Å². The van der Waals surface area contributed by atoms with Gasteiger partial charge in [0.15, 0.2) is 5.78 Å². The third kappa shape index (κ3) is 2.62. The van der Waals surface area contributed by atoms with Gasteiger partial charge in [0, 0.05) is 39.1 Å². The molecule has 0 fully saturated rings. The number of fused-ring (bicyclic) bond motifs is 2. The van der Waals surface area contributed by atoms with E-state index in [0.29, 0.717) is 5.75 Å². The molecule has 2 aromatic carbocycles. The zero-order chi connectivity index (χ0) is 15.6. The van der Waals surface area contributed by atoms with Crippen molar-refractivity contribution in [3.63, 3.8) is 0 Å². The molecule has 0 amide bonds. The van der Waals surface area contributed by atoms with Gasteiger partial charge in [-0.1, -0.05) is 36.4 Å². The number of nitrogens with zero attached hydrogens (tertiary/aromatic N) is 1. The fourth-order valence-corrected chi connectivity index (χ4v) is 3.65. The summed E-state index contributed by atoms with van der Waals surface area (Å²) in [5.41, 5.74) is 2.71. The van der Waals surface area contributed by atoms with E-state index in [1.165, 1.54) is 0 Å². The first kappa shape index (κ1) is 14.0. The van der Waals surface area contributed by atoms with Crippen LogP contribution in [0.5, 0.6) is 0 Å². The molecule has 4 rings (SSSR count). The maximum absolute atomic E-state index is 12.6. The summed E-state index contributed by atoms with van der Waals surface area (Å²) in [6.45, 7) is 0. The summed E-state index contributed by atoms with van der Waals surface area (Å²) < 4.78 is 0. The van der Waals surface area contributed by atoms with Crippen molar-refractivity contribution in [3.8, 4) is 0 Å². The molecular weight excluding hydrogens is 304 g/mol. The molecule has 23 heavy (non-hydrogen) atoms. The molecule has 0 aliphatic heterocycles. The Morgan fingerprint density at radius 3 is 2.70 bits per heavy atom. The predicted octanol–water partition coefficient (Wildman–Crippen LogP) is 4.69. The first-order chi connectivity index (χ1) is 11.3. The standard InChI is InChI=1S/C19H14N2OS/c22-18(15-11-21-16-7-3-1-5-13(15)16)12-23-19-9-10-20-17-8-4-2-6-14(17)19/h1-11,21H,12H2. The van der Waals surface area contributed by atoms with E-state index >= 15 is 0 Å². The lowest BCUT2D eigenvalue weighted by molar-refractivity contribution is 0.102. The molecule has 0 aliphatic rings. The Balaban J connectivity index is 1.60. The quantitative estimate of drug-likeness (QED) is 0.438. The van der Waals surface area contributed by atoms with E-state index in [-0.39, 0.29) is 5.78 Å². The fourth-order valence-electron chi connectivity index (χ4n) is 2.72. The van der Waals surface area contributed by atoms with Gasteiger partial charge in [0.05, 0.1) is 11.3 Å². The second kappa shape index (κ2) is 5.89. The van der Waals surface area contributed by atoms with Gasteiger partial charge in [0.2, 0.25) is 0 Å². The third-order valence-electron chi connectivity index (χ3n) is 3.86. The largest absolute Gasteiger partial charge is 0.360 e. The van der Waals surface area contributed by atoms with Crippen molar-refractivity contribution in [1.29, 1.82) is 0 Å². The highest BCUT2D eigenvalue weighted by molar-refractivity contribution is 8.00. The number of aromatic nitrogens is 2. The Morgan fingerprint density at radius 2 is 1.78 bits per heavy atom. The summed E-state index contributed by atoms with van der Waals surface area (Å²) in [5, 5.41) is 2.07. The van der Waals surface area contributed by atoms with E-state index in [1.54, 1.807) is 24.2 Å². The van der Waals surface area contributed by atoms with E-state index in [0.717, 1.165) is 32.3 Å². The molecule has 4 heteroatoms. The van der Waals surface area contributed by atoms with Crippen LogP contribution in [0.3, 0.4) is 0 Å². The molecule has 0 aliphatic carbocycles. The Kier molecular flexibility index (Phi) is 3.60. The minimum absolute atomic E-state index is 0.133. The van der Waals surface area contributed by atoms with Crippen molar-refractivity contribution in [3.05, 3.63) is 72.6 Å². The van der Waals surface area contributed by atoms with Gasteiger partial charge in [0.25, 0.3) is 0 Å². The summed E-state index contributed by atoms with van der Waals surface area (Å²) in [6, 6.07) is 17.8. The Hall–Kier alpha value is -2.59. The lowest BCUT2D eigenvalue weighted by Crippen LogP contribution is -2.01. The number of nitrogens with one attached hydrogen (secondary N) is 1. The van der Waals surface area contributed by atoms with Crippen LogP contribution in [-0.2, 0) is 0 Å². The summed E-state index contributed by atoms with van der Waals surface area (Å²) in [7, 11) is 0. The van der Waals surface area contributed by atoms with Gasteiger partial charge in [0.1, 0.15) is 0 Å². The van der Waals surface area contributed by atoms with Crippen LogP contribution in [0.25, 0.3) is 21.8 Å². The number of H-pyrrole nitrogens is 1. The van der Waals surface area contributed by atoms with Crippen LogP contribution in [0.15, 0.2) is 71.9 Å². The summed E-state index contributed by atoms with van der Waals surface area (Å²) in [5.74, 6) is 0.545. The van der Waals surface area contributed by atoms with Crippen molar-refractivity contribution in [2.45, 2.75) is 4.90 Å². The molecular formula is C19H14N2OS. The Morgan fingerprint density at radius 1 is 1.00 bits per heavy atom. The molecule has 0 spiro atoms. The van der Waals surface area contributed by atoms with E-state index in [4.69, 9.17) is 0 Å². The highest BCUT2D eigenvalue weighted by Gasteiger charge is 2.13. The number of pyridine rings is 1. The first-order valence-corrected chi connectivity index (χ1v) is 8.37. The molecule has 1 N–H and O–H groups in total. The maximum Gasteiger partial charge on any atom is 0.175 e. The number of aromatic amines is 1. The SMILES string of the molecule is O=C(CSc1ccnc2ccccc12)c1c[nH]c2ccccc12. The molecule has 0 atom stereocenters. The molecule has 0 radical (unpaired) electrons. The highest BCUT2D eigenvalue weighted by Crippen LogP contribution is 2.28. The fraction of sp³-hybridized carbons (Fsp3) is 0.0526. The predicted molar refractivity (Wildman–Crippen MR) is 95.1 cm³/mol. The number of ketones is 1.